The van der Waals surface area contributed by atoms with Crippen molar-refractivity contribution in [3.63, 3.8) is 0 Å². The van der Waals surface area contributed by atoms with Crippen molar-refractivity contribution < 1.29 is 0 Å². The molecule has 0 bridgehead atoms. The smallest absolute Gasteiger partial charge is 0.227 e. The highest BCUT2D eigenvalue weighted by Gasteiger charge is 2.19. The molecule has 0 fully saturated rings. The zero-order valence-electron chi connectivity index (χ0n) is 15.4. The molecule has 5 nitrogen and oxygen atoms in total. The molecule has 132 valence electrons. The fraction of sp³-hybridized carbons (Fsp3) is 0.421. The molecule has 0 unspecified atom stereocenters. The van der Waals surface area contributed by atoms with Gasteiger partial charge in [-0.2, -0.15) is 14.6 Å². The Morgan fingerprint density at radius 3 is 2.48 bits per heavy atom. The van der Waals surface area contributed by atoms with E-state index in [9.17, 15) is 0 Å². The van der Waals surface area contributed by atoms with E-state index >= 15 is 0 Å². The summed E-state index contributed by atoms with van der Waals surface area (Å²) < 4.78 is 1.80. The van der Waals surface area contributed by atoms with E-state index in [-0.39, 0.29) is 0 Å². The Labute approximate surface area is 153 Å². The molecule has 3 aromatic rings. The van der Waals surface area contributed by atoms with Crippen LogP contribution in [0.1, 0.15) is 43.8 Å². The molecule has 0 aliphatic carbocycles. The van der Waals surface area contributed by atoms with Gasteiger partial charge in [-0.1, -0.05) is 37.6 Å². The van der Waals surface area contributed by atoms with Crippen molar-refractivity contribution in [2.75, 3.05) is 5.32 Å². The fourth-order valence-electron chi connectivity index (χ4n) is 3.05. The molecule has 1 aromatic carbocycles. The van der Waals surface area contributed by atoms with E-state index < -0.39 is 0 Å². The molecule has 0 aliphatic heterocycles. The molecule has 0 radical (unpaired) electrons. The maximum absolute atomic E-state index is 6.51. The van der Waals surface area contributed by atoms with Crippen LogP contribution >= 0.6 is 11.6 Å². The largest absolute Gasteiger partial charge is 0.351 e. The summed E-state index contributed by atoms with van der Waals surface area (Å²) in [6, 6.07) is 6.42. The summed E-state index contributed by atoms with van der Waals surface area (Å²) in [7, 11) is 0. The highest BCUT2D eigenvalue weighted by atomic mass is 35.5. The van der Waals surface area contributed by atoms with Gasteiger partial charge >= 0.3 is 0 Å². The van der Waals surface area contributed by atoms with Gasteiger partial charge in [0.05, 0.1) is 11.3 Å². The first-order chi connectivity index (χ1) is 11.9. The Morgan fingerprint density at radius 1 is 1.12 bits per heavy atom. The predicted octanol–water partition coefficient (Wildman–Crippen LogP) is 4.97. The number of benzene rings is 1. The van der Waals surface area contributed by atoms with Gasteiger partial charge in [-0.05, 0) is 45.2 Å². The summed E-state index contributed by atoms with van der Waals surface area (Å²) in [5.74, 6) is 1.44. The van der Waals surface area contributed by atoms with Crippen LogP contribution in [-0.2, 0) is 0 Å². The Morgan fingerprint density at radius 2 is 1.84 bits per heavy atom. The lowest BCUT2D eigenvalue weighted by molar-refractivity contribution is 0.656. The molecule has 0 amide bonds. The van der Waals surface area contributed by atoms with Gasteiger partial charge in [-0.25, -0.2) is 4.98 Å². The van der Waals surface area contributed by atoms with Crippen LogP contribution in [0.15, 0.2) is 18.2 Å². The van der Waals surface area contributed by atoms with Crippen molar-refractivity contribution >= 4 is 23.2 Å². The second-order valence-corrected chi connectivity index (χ2v) is 6.84. The number of hydrogen-bond acceptors (Lipinski definition) is 4. The standard InChI is InChI=1S/C19H24ClN5/c1-6-14(7-2)23-19-22-13(5)21-18-17(12(4)24-25(18)19)15-9-8-11(3)10-16(15)20/h8-10,14H,6-7H2,1-5H3,(H,21,22,23). The van der Waals surface area contributed by atoms with E-state index in [1.165, 1.54) is 0 Å². The van der Waals surface area contributed by atoms with Crippen LogP contribution in [0.5, 0.6) is 0 Å². The first-order valence-electron chi connectivity index (χ1n) is 8.71. The van der Waals surface area contributed by atoms with Crippen molar-refractivity contribution in [3.05, 3.63) is 40.3 Å². The molecule has 3 rings (SSSR count). The van der Waals surface area contributed by atoms with Gasteiger partial charge in [0.2, 0.25) is 5.95 Å². The van der Waals surface area contributed by atoms with E-state index in [1.54, 1.807) is 4.52 Å². The molecule has 0 saturated heterocycles. The summed E-state index contributed by atoms with van der Waals surface area (Å²) >= 11 is 6.51. The van der Waals surface area contributed by atoms with Crippen molar-refractivity contribution in [1.82, 2.24) is 19.6 Å². The van der Waals surface area contributed by atoms with Gasteiger partial charge in [-0.15, -0.1) is 0 Å². The van der Waals surface area contributed by atoms with Gasteiger partial charge in [0, 0.05) is 16.6 Å². The first kappa shape index (κ1) is 17.7. The molecule has 1 N–H and O–H groups in total. The number of aromatic nitrogens is 4. The number of anilines is 1. The van der Waals surface area contributed by atoms with Gasteiger partial charge in [0.25, 0.3) is 0 Å². The highest BCUT2D eigenvalue weighted by Crippen LogP contribution is 2.34. The summed E-state index contributed by atoms with van der Waals surface area (Å²) in [4.78, 5) is 9.21. The number of fused-ring (bicyclic) bond motifs is 1. The average molecular weight is 358 g/mol. The number of hydrogen-bond donors (Lipinski definition) is 1. The van der Waals surface area contributed by atoms with E-state index in [2.05, 4.69) is 40.3 Å². The third kappa shape index (κ3) is 3.33. The summed E-state index contributed by atoms with van der Waals surface area (Å²) in [6.45, 7) is 10.2. The summed E-state index contributed by atoms with van der Waals surface area (Å²) in [5.41, 5.74) is 4.71. The molecular formula is C19H24ClN5. The van der Waals surface area contributed by atoms with Gasteiger partial charge in [0.15, 0.2) is 5.65 Å². The van der Waals surface area contributed by atoms with Crippen LogP contribution in [0, 0.1) is 20.8 Å². The van der Waals surface area contributed by atoms with E-state index in [0.717, 1.165) is 46.8 Å². The van der Waals surface area contributed by atoms with Crippen molar-refractivity contribution in [1.29, 1.82) is 0 Å². The third-order valence-corrected chi connectivity index (χ3v) is 4.80. The minimum Gasteiger partial charge on any atom is -0.351 e. The number of halogens is 1. The van der Waals surface area contributed by atoms with Crippen LogP contribution in [0.4, 0.5) is 5.95 Å². The van der Waals surface area contributed by atoms with Crippen LogP contribution < -0.4 is 5.32 Å². The van der Waals surface area contributed by atoms with Crippen molar-refractivity contribution in [2.45, 2.75) is 53.5 Å². The van der Waals surface area contributed by atoms with Crippen LogP contribution in [0.3, 0.4) is 0 Å². The van der Waals surface area contributed by atoms with Gasteiger partial charge < -0.3 is 5.32 Å². The molecule has 2 aromatic heterocycles. The Kier molecular flexibility index (Phi) is 4.95. The lowest BCUT2D eigenvalue weighted by atomic mass is 10.0. The normalized spacial score (nSPS) is 11.5. The lowest BCUT2D eigenvalue weighted by Crippen LogP contribution is -2.21. The Balaban J connectivity index is 2.21. The predicted molar refractivity (Wildman–Crippen MR) is 103 cm³/mol. The molecule has 25 heavy (non-hydrogen) atoms. The van der Waals surface area contributed by atoms with E-state index in [4.69, 9.17) is 11.6 Å². The number of aryl methyl sites for hydroxylation is 3. The summed E-state index contributed by atoms with van der Waals surface area (Å²) in [5, 5.41) is 8.89. The fourth-order valence-corrected chi connectivity index (χ4v) is 3.38. The molecule has 0 atom stereocenters. The Hall–Kier alpha value is -2.14. The van der Waals surface area contributed by atoms with Crippen molar-refractivity contribution in [3.8, 4) is 11.1 Å². The maximum Gasteiger partial charge on any atom is 0.227 e. The molecule has 0 aliphatic rings. The lowest BCUT2D eigenvalue weighted by Gasteiger charge is -2.16. The van der Waals surface area contributed by atoms with Gasteiger partial charge in [-0.3, -0.25) is 0 Å². The second-order valence-electron chi connectivity index (χ2n) is 6.43. The van der Waals surface area contributed by atoms with Gasteiger partial charge in [0.1, 0.15) is 5.82 Å². The van der Waals surface area contributed by atoms with Crippen LogP contribution in [-0.4, -0.2) is 25.6 Å². The Bertz CT molecular complexity index is 912. The van der Waals surface area contributed by atoms with E-state index in [0.29, 0.717) is 16.9 Å². The average Bonchev–Trinajstić information content (AvgIpc) is 2.89. The van der Waals surface area contributed by atoms with Crippen LogP contribution in [0.2, 0.25) is 5.02 Å². The van der Waals surface area contributed by atoms with Crippen molar-refractivity contribution in [2.24, 2.45) is 0 Å². The van der Waals surface area contributed by atoms with E-state index in [1.807, 2.05) is 32.9 Å². The quantitative estimate of drug-likeness (QED) is 0.700. The number of nitrogens with zero attached hydrogens (tertiary/aromatic N) is 4. The molecule has 2 heterocycles. The summed E-state index contributed by atoms with van der Waals surface area (Å²) in [6.07, 6.45) is 2.05. The highest BCUT2D eigenvalue weighted by molar-refractivity contribution is 6.33. The zero-order chi connectivity index (χ0) is 18.1. The monoisotopic (exact) mass is 357 g/mol. The molecule has 6 heteroatoms. The third-order valence-electron chi connectivity index (χ3n) is 4.48. The molecular weight excluding hydrogens is 334 g/mol. The molecule has 0 spiro atoms. The number of rotatable bonds is 5. The first-order valence-corrected chi connectivity index (χ1v) is 9.09. The van der Waals surface area contributed by atoms with Crippen LogP contribution in [0.25, 0.3) is 16.8 Å². The topological polar surface area (TPSA) is 55.1 Å². The second kappa shape index (κ2) is 7.00. The minimum atomic E-state index is 0.355. The maximum atomic E-state index is 6.51. The minimum absolute atomic E-state index is 0.355. The SMILES string of the molecule is CCC(CC)Nc1nc(C)nc2c(-c3ccc(C)cc3Cl)c(C)nn12. The number of nitrogens with one attached hydrogen (secondary N) is 1. The molecule has 0 saturated carbocycles. The zero-order valence-corrected chi connectivity index (χ0v) is 16.1.